The molecule has 0 saturated heterocycles. The number of nitrogens with two attached hydrogens (primary N) is 1. The van der Waals surface area contributed by atoms with Gasteiger partial charge in [0.1, 0.15) is 0 Å². The molecule has 1 aromatic rings. The lowest BCUT2D eigenvalue weighted by atomic mass is 9.95. The Morgan fingerprint density at radius 2 is 1.86 bits per heavy atom. The molecule has 1 spiro atoms. The summed E-state index contributed by atoms with van der Waals surface area (Å²) in [6, 6.07) is 11.4. The van der Waals surface area contributed by atoms with Gasteiger partial charge < -0.3 is 5.73 Å². The zero-order valence-electron chi connectivity index (χ0n) is 8.45. The van der Waals surface area contributed by atoms with Gasteiger partial charge in [-0.05, 0) is 42.6 Å². The molecule has 2 aliphatic carbocycles. The van der Waals surface area contributed by atoms with Gasteiger partial charge >= 0.3 is 0 Å². The lowest BCUT2D eigenvalue weighted by Crippen LogP contribution is -2.10. The van der Waals surface area contributed by atoms with Crippen molar-refractivity contribution < 1.29 is 0 Å². The number of rotatable bonds is 1. The molecule has 0 aliphatic heterocycles. The normalized spacial score (nSPS) is 40.4. The van der Waals surface area contributed by atoms with Crippen molar-refractivity contribution in [2.45, 2.75) is 37.6 Å². The van der Waals surface area contributed by atoms with E-state index >= 15 is 0 Å². The van der Waals surface area contributed by atoms with Crippen molar-refractivity contribution >= 4 is 0 Å². The van der Waals surface area contributed by atoms with Crippen LogP contribution in [0.1, 0.15) is 37.2 Å². The first-order chi connectivity index (χ1) is 6.80. The van der Waals surface area contributed by atoms with E-state index in [2.05, 4.69) is 30.3 Å². The van der Waals surface area contributed by atoms with Crippen molar-refractivity contribution in [3.8, 4) is 0 Å². The standard InChI is InChI=1S/C13H17N/c14-12-9-13(12)7-6-11(8-13)10-4-2-1-3-5-10/h1-5,11-12H,6-9,14H2. The second-order valence-corrected chi connectivity index (χ2v) is 5.02. The number of benzene rings is 1. The van der Waals surface area contributed by atoms with Crippen LogP contribution in [0, 0.1) is 5.41 Å². The molecule has 14 heavy (non-hydrogen) atoms. The molecule has 1 nitrogen and oxygen atoms in total. The van der Waals surface area contributed by atoms with Gasteiger partial charge in [0.2, 0.25) is 0 Å². The van der Waals surface area contributed by atoms with Crippen LogP contribution in [0.5, 0.6) is 0 Å². The minimum atomic E-state index is 0.510. The monoisotopic (exact) mass is 187 g/mol. The van der Waals surface area contributed by atoms with Crippen molar-refractivity contribution in [3.63, 3.8) is 0 Å². The van der Waals surface area contributed by atoms with Crippen LogP contribution in [0.3, 0.4) is 0 Å². The van der Waals surface area contributed by atoms with Crippen molar-refractivity contribution in [1.29, 1.82) is 0 Å². The fourth-order valence-electron chi connectivity index (χ4n) is 3.07. The minimum absolute atomic E-state index is 0.510. The zero-order valence-corrected chi connectivity index (χ0v) is 8.45. The average molecular weight is 187 g/mol. The topological polar surface area (TPSA) is 26.0 Å². The van der Waals surface area contributed by atoms with Gasteiger partial charge in [-0.25, -0.2) is 0 Å². The van der Waals surface area contributed by atoms with E-state index in [0.717, 1.165) is 5.92 Å². The summed E-state index contributed by atoms with van der Waals surface area (Å²) in [5, 5.41) is 0. The Labute approximate surface area is 85.3 Å². The fraction of sp³-hybridized carbons (Fsp3) is 0.538. The third-order valence-electron chi connectivity index (χ3n) is 4.17. The highest BCUT2D eigenvalue weighted by molar-refractivity contribution is 5.24. The second-order valence-electron chi connectivity index (χ2n) is 5.02. The van der Waals surface area contributed by atoms with E-state index in [-0.39, 0.29) is 0 Å². The lowest BCUT2D eigenvalue weighted by molar-refractivity contribution is 0.501. The molecule has 3 unspecified atom stereocenters. The Hall–Kier alpha value is -0.820. The second kappa shape index (κ2) is 2.83. The molecule has 3 atom stereocenters. The predicted octanol–water partition coefficient (Wildman–Crippen LogP) is 2.67. The summed E-state index contributed by atoms with van der Waals surface area (Å²) in [6.07, 6.45) is 5.31. The Bertz CT molecular complexity index is 332. The molecule has 0 radical (unpaired) electrons. The van der Waals surface area contributed by atoms with E-state index in [1.165, 1.54) is 31.2 Å². The molecule has 3 rings (SSSR count). The van der Waals surface area contributed by atoms with Gasteiger partial charge in [0.05, 0.1) is 0 Å². The highest BCUT2D eigenvalue weighted by atomic mass is 14.8. The third kappa shape index (κ3) is 1.19. The van der Waals surface area contributed by atoms with Crippen LogP contribution >= 0.6 is 0 Å². The SMILES string of the molecule is NC1CC12CCC(c1ccccc1)C2. The smallest absolute Gasteiger partial charge is 0.0102 e. The summed E-state index contributed by atoms with van der Waals surface area (Å²) < 4.78 is 0. The predicted molar refractivity (Wildman–Crippen MR) is 58.1 cm³/mol. The molecule has 0 heterocycles. The van der Waals surface area contributed by atoms with E-state index < -0.39 is 0 Å². The van der Waals surface area contributed by atoms with Crippen LogP contribution in [0.2, 0.25) is 0 Å². The van der Waals surface area contributed by atoms with E-state index in [0.29, 0.717) is 11.5 Å². The molecule has 1 aromatic carbocycles. The third-order valence-corrected chi connectivity index (χ3v) is 4.17. The Morgan fingerprint density at radius 1 is 1.14 bits per heavy atom. The van der Waals surface area contributed by atoms with E-state index in [9.17, 15) is 0 Å². The molecule has 74 valence electrons. The van der Waals surface area contributed by atoms with Crippen LogP contribution in [0.4, 0.5) is 0 Å². The number of hydrogen-bond acceptors (Lipinski definition) is 1. The summed E-state index contributed by atoms with van der Waals surface area (Å²) in [7, 11) is 0. The minimum Gasteiger partial charge on any atom is -0.327 e. The molecule has 2 aliphatic rings. The van der Waals surface area contributed by atoms with Crippen molar-refractivity contribution in [2.75, 3.05) is 0 Å². The molecular formula is C13H17N. The maximum atomic E-state index is 6.00. The maximum Gasteiger partial charge on any atom is 0.0102 e. The first-order valence-corrected chi connectivity index (χ1v) is 5.61. The molecule has 1 heteroatoms. The first-order valence-electron chi connectivity index (χ1n) is 5.61. The summed E-state index contributed by atoms with van der Waals surface area (Å²) in [4.78, 5) is 0. The van der Waals surface area contributed by atoms with Gasteiger partial charge in [0.15, 0.2) is 0 Å². The van der Waals surface area contributed by atoms with Gasteiger partial charge in [-0.3, -0.25) is 0 Å². The van der Waals surface area contributed by atoms with Crippen LogP contribution in [0.25, 0.3) is 0 Å². The van der Waals surface area contributed by atoms with Crippen LogP contribution in [0.15, 0.2) is 30.3 Å². The Balaban J connectivity index is 1.78. The summed E-state index contributed by atoms with van der Waals surface area (Å²) in [5.74, 6) is 0.782. The fourth-order valence-corrected chi connectivity index (χ4v) is 3.07. The van der Waals surface area contributed by atoms with Gasteiger partial charge in [0, 0.05) is 6.04 Å². The molecular weight excluding hydrogens is 170 g/mol. The molecule has 0 amide bonds. The van der Waals surface area contributed by atoms with Crippen LogP contribution in [-0.2, 0) is 0 Å². The van der Waals surface area contributed by atoms with Gasteiger partial charge in [-0.1, -0.05) is 30.3 Å². The van der Waals surface area contributed by atoms with Crippen LogP contribution in [-0.4, -0.2) is 6.04 Å². The molecule has 2 fully saturated rings. The lowest BCUT2D eigenvalue weighted by Gasteiger charge is -2.10. The Morgan fingerprint density at radius 3 is 2.43 bits per heavy atom. The number of hydrogen-bond donors (Lipinski definition) is 1. The van der Waals surface area contributed by atoms with Crippen molar-refractivity contribution in [3.05, 3.63) is 35.9 Å². The molecule has 0 bridgehead atoms. The summed E-state index contributed by atoms with van der Waals surface area (Å²) in [5.41, 5.74) is 8.08. The molecule has 2 N–H and O–H groups in total. The van der Waals surface area contributed by atoms with E-state index in [1.54, 1.807) is 0 Å². The van der Waals surface area contributed by atoms with Crippen LogP contribution < -0.4 is 5.73 Å². The largest absolute Gasteiger partial charge is 0.327 e. The summed E-state index contributed by atoms with van der Waals surface area (Å²) in [6.45, 7) is 0. The highest BCUT2D eigenvalue weighted by Gasteiger charge is 2.55. The molecule has 0 aromatic heterocycles. The highest BCUT2D eigenvalue weighted by Crippen LogP contribution is 2.60. The van der Waals surface area contributed by atoms with E-state index in [1.807, 2.05) is 0 Å². The van der Waals surface area contributed by atoms with Gasteiger partial charge in [0.25, 0.3) is 0 Å². The summed E-state index contributed by atoms with van der Waals surface area (Å²) >= 11 is 0. The maximum absolute atomic E-state index is 6.00. The first kappa shape index (κ1) is 8.49. The Kier molecular flexibility index (Phi) is 1.72. The zero-order chi connectivity index (χ0) is 9.60. The van der Waals surface area contributed by atoms with Gasteiger partial charge in [-0.2, -0.15) is 0 Å². The molecule has 2 saturated carbocycles. The van der Waals surface area contributed by atoms with Crippen molar-refractivity contribution in [1.82, 2.24) is 0 Å². The average Bonchev–Trinajstić information content (AvgIpc) is 2.66. The van der Waals surface area contributed by atoms with Crippen molar-refractivity contribution in [2.24, 2.45) is 11.1 Å². The van der Waals surface area contributed by atoms with E-state index in [4.69, 9.17) is 5.73 Å². The quantitative estimate of drug-likeness (QED) is 0.718. The van der Waals surface area contributed by atoms with Gasteiger partial charge in [-0.15, -0.1) is 0 Å².